The molecular formula is C57H37N3O2. The largest absolute Gasteiger partial charge is 0.456 e. The van der Waals surface area contributed by atoms with Crippen LogP contribution in [0.5, 0.6) is 0 Å². The van der Waals surface area contributed by atoms with Gasteiger partial charge in [-0.15, -0.1) is 0 Å². The van der Waals surface area contributed by atoms with Crippen LogP contribution in [-0.2, 0) is 0 Å². The normalized spacial score (nSPS) is 11.5. The molecule has 0 atom stereocenters. The van der Waals surface area contributed by atoms with Gasteiger partial charge in [-0.1, -0.05) is 146 Å². The summed E-state index contributed by atoms with van der Waals surface area (Å²) < 4.78 is 13.3. The molecule has 5 heteroatoms. The molecule has 292 valence electrons. The van der Waals surface area contributed by atoms with Crippen molar-refractivity contribution in [1.29, 1.82) is 0 Å². The fourth-order valence-electron chi connectivity index (χ4n) is 8.98. The summed E-state index contributed by atoms with van der Waals surface area (Å²) in [5.41, 5.74) is 12.4. The Morgan fingerprint density at radius 2 is 0.790 bits per heavy atom. The highest BCUT2D eigenvalue weighted by Gasteiger charge is 2.23. The number of hydrogen-bond acceptors (Lipinski definition) is 5. The molecule has 0 aliphatic heterocycles. The first-order valence-electron chi connectivity index (χ1n) is 20.9. The maximum atomic E-state index is 6.98. The number of fused-ring (bicyclic) bond motifs is 9. The molecule has 0 aliphatic carbocycles. The lowest BCUT2D eigenvalue weighted by Crippen LogP contribution is -2.13. The summed E-state index contributed by atoms with van der Waals surface area (Å²) in [5.74, 6) is 0.542. The van der Waals surface area contributed by atoms with Crippen molar-refractivity contribution in [3.05, 3.63) is 224 Å². The first-order valence-corrected chi connectivity index (χ1v) is 20.9. The Hall–Kier alpha value is -8.41. The summed E-state index contributed by atoms with van der Waals surface area (Å²) in [5, 5.41) is 6.51. The van der Waals surface area contributed by atoms with E-state index in [0.29, 0.717) is 5.89 Å². The molecule has 0 fully saturated rings. The van der Waals surface area contributed by atoms with Crippen LogP contribution in [0.4, 0.5) is 34.1 Å². The van der Waals surface area contributed by atoms with Gasteiger partial charge in [0.25, 0.3) is 0 Å². The minimum absolute atomic E-state index is 0.542. The molecule has 12 rings (SSSR count). The van der Waals surface area contributed by atoms with E-state index in [2.05, 4.69) is 222 Å². The maximum Gasteiger partial charge on any atom is 0.227 e. The summed E-state index contributed by atoms with van der Waals surface area (Å²) in [6.07, 6.45) is 0. The average molecular weight is 796 g/mol. The number of furan rings is 1. The van der Waals surface area contributed by atoms with Crippen molar-refractivity contribution >= 4 is 88.7 Å². The van der Waals surface area contributed by atoms with Gasteiger partial charge in [-0.25, -0.2) is 4.98 Å². The van der Waals surface area contributed by atoms with E-state index >= 15 is 0 Å². The summed E-state index contributed by atoms with van der Waals surface area (Å²) in [6, 6.07) is 78.6. The van der Waals surface area contributed by atoms with Crippen LogP contribution in [0.25, 0.3) is 77.2 Å². The van der Waals surface area contributed by atoms with E-state index in [1.165, 1.54) is 0 Å². The van der Waals surface area contributed by atoms with Crippen molar-refractivity contribution in [1.82, 2.24) is 4.98 Å². The fourth-order valence-corrected chi connectivity index (χ4v) is 8.98. The number of anilines is 6. The number of hydrogen-bond donors (Lipinski definition) is 0. The van der Waals surface area contributed by atoms with Gasteiger partial charge in [0.05, 0.1) is 0 Å². The van der Waals surface area contributed by atoms with Crippen molar-refractivity contribution in [2.45, 2.75) is 0 Å². The third kappa shape index (κ3) is 6.06. The smallest absolute Gasteiger partial charge is 0.227 e. The molecule has 0 saturated heterocycles. The van der Waals surface area contributed by atoms with E-state index < -0.39 is 0 Å². The van der Waals surface area contributed by atoms with Crippen molar-refractivity contribution in [3.63, 3.8) is 0 Å². The monoisotopic (exact) mass is 795 g/mol. The van der Waals surface area contributed by atoms with Crippen LogP contribution in [0.15, 0.2) is 233 Å². The zero-order chi connectivity index (χ0) is 41.0. The van der Waals surface area contributed by atoms with Crippen molar-refractivity contribution in [2.24, 2.45) is 0 Å². The second-order valence-electron chi connectivity index (χ2n) is 15.6. The molecule has 2 aromatic heterocycles. The summed E-state index contributed by atoms with van der Waals surface area (Å²) in [4.78, 5) is 9.99. The van der Waals surface area contributed by atoms with E-state index in [0.717, 1.165) is 105 Å². The number of oxazole rings is 1. The van der Waals surface area contributed by atoms with Crippen LogP contribution in [-0.4, -0.2) is 4.98 Å². The number of rotatable bonds is 8. The molecule has 2 heterocycles. The topological polar surface area (TPSA) is 45.7 Å². The Kier molecular flexibility index (Phi) is 8.42. The summed E-state index contributed by atoms with van der Waals surface area (Å²) in [7, 11) is 0. The zero-order valence-electron chi connectivity index (χ0n) is 33.5. The van der Waals surface area contributed by atoms with Gasteiger partial charge in [0.2, 0.25) is 5.89 Å². The molecule has 10 aromatic carbocycles. The highest BCUT2D eigenvalue weighted by Crippen LogP contribution is 2.46. The maximum absolute atomic E-state index is 6.98. The van der Waals surface area contributed by atoms with E-state index in [1.54, 1.807) is 0 Å². The van der Waals surface area contributed by atoms with Gasteiger partial charge in [0.15, 0.2) is 5.58 Å². The molecule has 0 N–H and O–H groups in total. The molecule has 5 nitrogen and oxygen atoms in total. The van der Waals surface area contributed by atoms with Gasteiger partial charge >= 0.3 is 0 Å². The van der Waals surface area contributed by atoms with Gasteiger partial charge in [-0.2, -0.15) is 0 Å². The van der Waals surface area contributed by atoms with Crippen LogP contribution in [0.3, 0.4) is 0 Å². The van der Waals surface area contributed by atoms with Crippen molar-refractivity contribution in [2.75, 3.05) is 9.80 Å². The standard InChI is InChI=1S/C57H37N3O2/c1-4-17-38(18-5-1)39-19-16-24-43(33-39)59(41-20-6-2-7-21-41)45-34-40(57-58-55-50-28-12-10-25-47(50)48-26-11-13-29-51(48)56(55)62-57)35-46(36-45)60(42-22-8-3-9-23-42)44-31-32-54-52(37-44)49-27-14-15-30-53(49)61-54/h1-37H. The predicted octanol–water partition coefficient (Wildman–Crippen LogP) is 16.3. The Morgan fingerprint density at radius 1 is 0.290 bits per heavy atom. The van der Waals surface area contributed by atoms with Crippen molar-refractivity contribution in [3.8, 4) is 22.6 Å². The first-order chi connectivity index (χ1) is 30.7. The van der Waals surface area contributed by atoms with Gasteiger partial charge in [-0.05, 0) is 101 Å². The molecule has 0 spiro atoms. The minimum atomic E-state index is 0.542. The summed E-state index contributed by atoms with van der Waals surface area (Å²) >= 11 is 0. The Balaban J connectivity index is 1.14. The van der Waals surface area contributed by atoms with Gasteiger partial charge < -0.3 is 18.6 Å². The fraction of sp³-hybridized carbons (Fsp3) is 0. The third-order valence-electron chi connectivity index (χ3n) is 11.8. The molecular weight excluding hydrogens is 759 g/mol. The molecule has 0 unspecified atom stereocenters. The highest BCUT2D eigenvalue weighted by atomic mass is 16.3. The number of nitrogens with zero attached hydrogens (tertiary/aromatic N) is 3. The number of benzene rings is 10. The molecule has 0 amide bonds. The number of para-hydroxylation sites is 3. The van der Waals surface area contributed by atoms with Crippen LogP contribution < -0.4 is 9.80 Å². The van der Waals surface area contributed by atoms with Crippen LogP contribution in [0.2, 0.25) is 0 Å². The van der Waals surface area contributed by atoms with Crippen LogP contribution in [0, 0.1) is 0 Å². The van der Waals surface area contributed by atoms with E-state index in [-0.39, 0.29) is 0 Å². The van der Waals surface area contributed by atoms with Gasteiger partial charge in [-0.3, -0.25) is 0 Å². The van der Waals surface area contributed by atoms with E-state index in [1.807, 2.05) is 12.1 Å². The molecule has 12 aromatic rings. The molecule has 0 bridgehead atoms. The predicted molar refractivity (Wildman–Crippen MR) is 257 cm³/mol. The molecule has 0 aliphatic rings. The van der Waals surface area contributed by atoms with E-state index in [4.69, 9.17) is 13.8 Å². The van der Waals surface area contributed by atoms with E-state index in [9.17, 15) is 0 Å². The Morgan fingerprint density at radius 3 is 1.48 bits per heavy atom. The first kappa shape index (κ1) is 35.5. The second-order valence-corrected chi connectivity index (χ2v) is 15.6. The highest BCUT2D eigenvalue weighted by molar-refractivity contribution is 6.23. The summed E-state index contributed by atoms with van der Waals surface area (Å²) in [6.45, 7) is 0. The van der Waals surface area contributed by atoms with Crippen LogP contribution >= 0.6 is 0 Å². The van der Waals surface area contributed by atoms with Gasteiger partial charge in [0, 0.05) is 61.2 Å². The second kappa shape index (κ2) is 14.7. The third-order valence-corrected chi connectivity index (χ3v) is 11.8. The minimum Gasteiger partial charge on any atom is -0.456 e. The quantitative estimate of drug-likeness (QED) is 0.143. The lowest BCUT2D eigenvalue weighted by atomic mass is 10.0. The number of aromatic nitrogens is 1. The Bertz CT molecular complexity index is 3520. The average Bonchev–Trinajstić information content (AvgIpc) is 3.96. The lowest BCUT2D eigenvalue weighted by Gasteiger charge is -2.30. The van der Waals surface area contributed by atoms with Gasteiger partial charge in [0.1, 0.15) is 16.7 Å². The molecule has 0 radical (unpaired) electrons. The molecule has 0 saturated carbocycles. The molecule has 62 heavy (non-hydrogen) atoms. The zero-order valence-corrected chi connectivity index (χ0v) is 33.5. The van der Waals surface area contributed by atoms with Crippen molar-refractivity contribution < 1.29 is 8.83 Å². The Labute approximate surface area is 358 Å². The lowest BCUT2D eigenvalue weighted by molar-refractivity contribution is 0.623. The van der Waals surface area contributed by atoms with Crippen LogP contribution in [0.1, 0.15) is 0 Å². The SMILES string of the molecule is c1ccc(-c2cccc(N(c3ccccc3)c3cc(-c4nc5c6ccccc6c6ccccc6c5o4)cc(N(c4ccccc4)c4ccc5oc6ccccc6c5c4)c3)c2)cc1.